The normalized spacial score (nSPS) is 8.40. The molecule has 0 aromatic heterocycles. The zero-order valence-electron chi connectivity index (χ0n) is 2.47. The van der Waals surface area contributed by atoms with Gasteiger partial charge in [-0.2, -0.15) is 0 Å². The zero-order chi connectivity index (χ0) is 4.12. The third kappa shape index (κ3) is 5.21. The Hall–Kier alpha value is 1.21. The Balaban J connectivity index is 2.19. The van der Waals surface area contributed by atoms with Gasteiger partial charge < -0.3 is 8.62 Å². The van der Waals surface area contributed by atoms with E-state index in [-0.39, 0.29) is 9.03 Å². The molecule has 0 spiro atoms. The van der Waals surface area contributed by atoms with Crippen LogP contribution >= 0.6 is 28.0 Å². The maximum atomic E-state index is 4.39. The largest absolute Gasteiger partial charge is 0.320 e. The van der Waals surface area contributed by atoms with E-state index in [9.17, 15) is 0 Å². The Labute approximate surface area is 37.5 Å². The Morgan fingerprint density at radius 3 is 1.60 bits per heavy atom. The molecule has 5 heavy (non-hydrogen) atoms. The zero-order valence-corrected chi connectivity index (χ0v) is 5.78. The minimum atomic E-state index is 0.123. The highest BCUT2D eigenvalue weighted by molar-refractivity contribution is 7.40. The molecule has 0 aliphatic carbocycles. The van der Waals surface area contributed by atoms with E-state index in [1.165, 1.54) is 0 Å². The SMILES string of the molecule is POPOP. The van der Waals surface area contributed by atoms with Crippen LogP contribution in [0.4, 0.5) is 0 Å². The minimum absolute atomic E-state index is 0.123. The van der Waals surface area contributed by atoms with Crippen LogP contribution in [0.3, 0.4) is 0 Å². The van der Waals surface area contributed by atoms with Gasteiger partial charge in [-0.05, 0) is 0 Å². The molecule has 2 unspecified atom stereocenters. The topological polar surface area (TPSA) is 18.5 Å². The van der Waals surface area contributed by atoms with Gasteiger partial charge in [-0.3, -0.25) is 0 Å². The van der Waals surface area contributed by atoms with Crippen LogP contribution in [-0.2, 0) is 8.62 Å². The van der Waals surface area contributed by atoms with Crippen molar-refractivity contribution in [2.75, 3.05) is 0 Å². The van der Waals surface area contributed by atoms with Gasteiger partial charge >= 0.3 is 0 Å². The summed E-state index contributed by atoms with van der Waals surface area (Å²) < 4.78 is 8.78. The highest BCUT2D eigenvalue weighted by Gasteiger charge is 1.64. The van der Waals surface area contributed by atoms with E-state index < -0.39 is 0 Å². The maximum Gasteiger partial charge on any atom is 0.160 e. The highest BCUT2D eigenvalue weighted by atomic mass is 31.2. The smallest absolute Gasteiger partial charge is 0.160 e. The van der Waals surface area contributed by atoms with Crippen molar-refractivity contribution >= 4 is 28.0 Å². The van der Waals surface area contributed by atoms with Gasteiger partial charge in [0.2, 0.25) is 0 Å². The first-order valence-electron chi connectivity index (χ1n) is 0.880. The molecular weight excluding hydrogens is 125 g/mol. The fourth-order valence-corrected chi connectivity index (χ4v) is 0.750. The first kappa shape index (κ1) is 6.21. The summed E-state index contributed by atoms with van der Waals surface area (Å²) in [5.74, 6) is 0. The summed E-state index contributed by atoms with van der Waals surface area (Å²) in [6, 6.07) is 0. The molecule has 5 heteroatoms. The summed E-state index contributed by atoms with van der Waals surface area (Å²) in [7, 11) is 4.27. The van der Waals surface area contributed by atoms with Crippen LogP contribution in [-0.4, -0.2) is 0 Å². The van der Waals surface area contributed by atoms with Gasteiger partial charge in [0, 0.05) is 18.9 Å². The molecule has 0 aliphatic heterocycles. The lowest BCUT2D eigenvalue weighted by molar-refractivity contribution is 0.610. The molecule has 0 aromatic carbocycles. The Bertz CT molecular complexity index is 12.4. The van der Waals surface area contributed by atoms with Crippen molar-refractivity contribution in [3.63, 3.8) is 0 Å². The summed E-state index contributed by atoms with van der Waals surface area (Å²) in [6.45, 7) is 0. The summed E-state index contributed by atoms with van der Waals surface area (Å²) in [5, 5.41) is 0. The molecule has 0 bridgehead atoms. The van der Waals surface area contributed by atoms with Crippen LogP contribution < -0.4 is 0 Å². The predicted octanol–water partition coefficient (Wildman–Crippen LogP) is 1.11. The summed E-state index contributed by atoms with van der Waals surface area (Å²) in [5.41, 5.74) is 0. The minimum Gasteiger partial charge on any atom is -0.320 e. The van der Waals surface area contributed by atoms with Gasteiger partial charge in [-0.25, -0.2) is 0 Å². The molecule has 2 nitrogen and oxygen atoms in total. The third-order valence-corrected chi connectivity index (χ3v) is 0.866. The van der Waals surface area contributed by atoms with Crippen molar-refractivity contribution in [1.82, 2.24) is 0 Å². The second kappa shape index (κ2) is 5.21. The molecule has 0 rings (SSSR count). The lowest BCUT2D eigenvalue weighted by Gasteiger charge is -1.85. The van der Waals surface area contributed by atoms with Gasteiger partial charge in [0.1, 0.15) is 0 Å². The monoisotopic (exact) mass is 130 g/mol. The van der Waals surface area contributed by atoms with E-state index in [1.807, 2.05) is 0 Å². The quantitative estimate of drug-likeness (QED) is 0.521. The second-order valence-electron chi connectivity index (χ2n) is 0.319. The molecule has 0 amide bonds. The van der Waals surface area contributed by atoms with Gasteiger partial charge in [0.15, 0.2) is 9.03 Å². The van der Waals surface area contributed by atoms with Crippen molar-refractivity contribution in [3.8, 4) is 0 Å². The number of hydrogen-bond acceptors (Lipinski definition) is 2. The summed E-state index contributed by atoms with van der Waals surface area (Å²) >= 11 is 0. The van der Waals surface area contributed by atoms with E-state index in [0.717, 1.165) is 0 Å². The molecule has 0 aliphatic rings. The first-order chi connectivity index (χ1) is 2.41. The average molecular weight is 130 g/mol. The fourth-order valence-electron chi connectivity index (χ4n) is 0.0278. The molecule has 2 atom stereocenters. The van der Waals surface area contributed by atoms with E-state index in [4.69, 9.17) is 0 Å². The summed E-state index contributed by atoms with van der Waals surface area (Å²) in [4.78, 5) is 0. The highest BCUT2D eigenvalue weighted by Crippen LogP contribution is 2.19. The number of hydrogen-bond donors (Lipinski definition) is 0. The second-order valence-corrected chi connectivity index (χ2v) is 2.37. The molecule has 0 heterocycles. The van der Waals surface area contributed by atoms with Crippen LogP contribution in [0.5, 0.6) is 0 Å². The van der Waals surface area contributed by atoms with E-state index in [2.05, 4.69) is 27.6 Å². The fraction of sp³-hybridized carbons (Fsp3) is 0. The lowest BCUT2D eigenvalue weighted by Crippen LogP contribution is -1.40. The van der Waals surface area contributed by atoms with Crippen LogP contribution in [0.1, 0.15) is 0 Å². The Morgan fingerprint density at radius 2 is 1.60 bits per heavy atom. The van der Waals surface area contributed by atoms with Gasteiger partial charge in [-0.15, -0.1) is 0 Å². The van der Waals surface area contributed by atoms with Gasteiger partial charge in [-0.1, -0.05) is 0 Å². The Morgan fingerprint density at radius 1 is 1.20 bits per heavy atom. The van der Waals surface area contributed by atoms with Crippen LogP contribution in [0.15, 0.2) is 0 Å². The molecule has 0 radical (unpaired) electrons. The van der Waals surface area contributed by atoms with Crippen LogP contribution in [0, 0.1) is 0 Å². The van der Waals surface area contributed by atoms with E-state index in [1.54, 1.807) is 0 Å². The first-order valence-corrected chi connectivity index (χ1v) is 2.64. The average Bonchev–Trinajstić information content (AvgIpc) is 1.41. The number of rotatable bonds is 2. The Kier molecular flexibility index (Phi) is 6.47. The van der Waals surface area contributed by atoms with Gasteiger partial charge in [0.05, 0.1) is 0 Å². The van der Waals surface area contributed by atoms with Crippen LogP contribution in [0.2, 0.25) is 0 Å². The lowest BCUT2D eigenvalue weighted by atomic mass is 15.8. The maximum absolute atomic E-state index is 4.39. The molecule has 32 valence electrons. The van der Waals surface area contributed by atoms with Gasteiger partial charge in [0.25, 0.3) is 0 Å². The van der Waals surface area contributed by atoms with Crippen molar-refractivity contribution in [2.24, 2.45) is 0 Å². The molecule has 0 fully saturated rings. The predicted molar refractivity (Wildman–Crippen MR) is 29.9 cm³/mol. The van der Waals surface area contributed by atoms with Crippen LogP contribution in [0.25, 0.3) is 0 Å². The molecule has 0 aromatic rings. The molecule has 0 N–H and O–H groups in total. The standard InChI is InChI=1S/H5O2P3/c3-1-5-2-4/h5H,3-4H2. The van der Waals surface area contributed by atoms with Crippen molar-refractivity contribution in [3.05, 3.63) is 0 Å². The van der Waals surface area contributed by atoms with E-state index >= 15 is 0 Å². The van der Waals surface area contributed by atoms with E-state index in [0.29, 0.717) is 0 Å². The summed E-state index contributed by atoms with van der Waals surface area (Å²) in [6.07, 6.45) is 0. The van der Waals surface area contributed by atoms with Crippen molar-refractivity contribution in [1.29, 1.82) is 0 Å². The third-order valence-electron chi connectivity index (χ3n) is 0.0962. The molecule has 0 saturated heterocycles. The molecular formula is H5O2P3. The molecule has 0 saturated carbocycles. The van der Waals surface area contributed by atoms with Crippen molar-refractivity contribution in [2.45, 2.75) is 0 Å². The van der Waals surface area contributed by atoms with Crippen molar-refractivity contribution < 1.29 is 8.62 Å².